The van der Waals surface area contributed by atoms with Gasteiger partial charge in [-0.2, -0.15) is 0 Å². The van der Waals surface area contributed by atoms with E-state index in [2.05, 4.69) is 5.32 Å². The van der Waals surface area contributed by atoms with Crippen molar-refractivity contribution in [3.63, 3.8) is 0 Å². The molecule has 3 atom stereocenters. The molecule has 2 rings (SSSR count). The number of carbonyl (C=O) groups is 3. The van der Waals surface area contributed by atoms with Gasteiger partial charge in [-0.15, -0.1) is 0 Å². The van der Waals surface area contributed by atoms with Crippen LogP contribution < -0.4 is 5.32 Å². The zero-order valence-corrected chi connectivity index (χ0v) is 10.9. The van der Waals surface area contributed by atoms with Gasteiger partial charge in [-0.1, -0.05) is 6.92 Å². The predicted octanol–water partition coefficient (Wildman–Crippen LogP) is -0.878. The topological polar surface area (TPSA) is 102 Å². The number of carbonyl (C=O) groups excluding carboxylic acids is 3. The molecule has 2 aliphatic heterocycles. The highest BCUT2D eigenvalue weighted by atomic mass is 16.6. The van der Waals surface area contributed by atoms with E-state index in [1.165, 1.54) is 0 Å². The highest BCUT2D eigenvalue weighted by Crippen LogP contribution is 2.49. The molecular weight excluding hydrogens is 254 g/mol. The first-order chi connectivity index (χ1) is 8.91. The van der Waals surface area contributed by atoms with Crippen molar-refractivity contribution in [2.24, 2.45) is 5.92 Å². The molecule has 106 valence electrons. The smallest absolute Gasteiger partial charge is 0.339 e. The Labute approximate surface area is 110 Å². The Balaban J connectivity index is 2.04. The van der Waals surface area contributed by atoms with E-state index in [-0.39, 0.29) is 31.3 Å². The minimum Gasteiger partial charge on any atom is -0.466 e. The summed E-state index contributed by atoms with van der Waals surface area (Å²) in [5.41, 5.74) is -2.42. The quantitative estimate of drug-likeness (QED) is 0.630. The van der Waals surface area contributed by atoms with Crippen LogP contribution >= 0.6 is 0 Å². The van der Waals surface area contributed by atoms with Gasteiger partial charge in [0.1, 0.15) is 0 Å². The standard InChI is InChI=1S/C12H17NO6/c1-3-8(15)18-5-4-7-9(16)13-12(6-14)10(17)19-11(7,12)2/h7,14H,3-6H2,1-2H3,(H,13,16)/t7-,11-,12-/m0/s1. The predicted molar refractivity (Wildman–Crippen MR) is 61.8 cm³/mol. The van der Waals surface area contributed by atoms with Gasteiger partial charge in [-0.25, -0.2) is 4.79 Å². The lowest BCUT2D eigenvalue weighted by Gasteiger charge is -2.50. The maximum Gasteiger partial charge on any atom is 0.339 e. The van der Waals surface area contributed by atoms with Gasteiger partial charge in [0.25, 0.3) is 0 Å². The first kappa shape index (κ1) is 13.8. The Kier molecular flexibility index (Phi) is 3.25. The van der Waals surface area contributed by atoms with E-state index in [1.54, 1.807) is 13.8 Å². The fourth-order valence-electron chi connectivity index (χ4n) is 2.67. The Hall–Kier alpha value is -1.63. The van der Waals surface area contributed by atoms with Crippen LogP contribution in [0, 0.1) is 5.92 Å². The monoisotopic (exact) mass is 271 g/mol. The summed E-state index contributed by atoms with van der Waals surface area (Å²) in [4.78, 5) is 34.4. The molecule has 0 saturated carbocycles. The van der Waals surface area contributed by atoms with Gasteiger partial charge in [0.2, 0.25) is 11.4 Å². The molecule has 1 amide bonds. The number of fused-ring (bicyclic) bond motifs is 1. The van der Waals surface area contributed by atoms with Crippen LogP contribution in [0.5, 0.6) is 0 Å². The molecule has 19 heavy (non-hydrogen) atoms. The van der Waals surface area contributed by atoms with Crippen LogP contribution in [0.3, 0.4) is 0 Å². The van der Waals surface area contributed by atoms with Crippen molar-refractivity contribution in [3.05, 3.63) is 0 Å². The number of ether oxygens (including phenoxy) is 2. The van der Waals surface area contributed by atoms with Gasteiger partial charge in [-0.05, 0) is 13.3 Å². The van der Waals surface area contributed by atoms with Crippen molar-refractivity contribution in [2.75, 3.05) is 13.2 Å². The SMILES string of the molecule is CCC(=O)OCC[C@H]1C(=O)N[C@@]2(CO)C(=O)O[C@@]12C. The summed E-state index contributed by atoms with van der Waals surface area (Å²) in [6, 6.07) is 0. The van der Waals surface area contributed by atoms with Crippen LogP contribution in [0.15, 0.2) is 0 Å². The van der Waals surface area contributed by atoms with E-state index in [1.807, 2.05) is 0 Å². The molecule has 0 aromatic carbocycles. The molecule has 2 heterocycles. The molecule has 2 fully saturated rings. The Morgan fingerprint density at radius 1 is 1.53 bits per heavy atom. The average molecular weight is 271 g/mol. The maximum absolute atomic E-state index is 11.9. The van der Waals surface area contributed by atoms with Gasteiger partial charge in [0.05, 0.1) is 19.1 Å². The molecule has 0 unspecified atom stereocenters. The summed E-state index contributed by atoms with van der Waals surface area (Å²) in [6.45, 7) is 2.87. The fraction of sp³-hybridized carbons (Fsp3) is 0.750. The number of amides is 1. The second-order valence-corrected chi connectivity index (χ2v) is 4.96. The molecule has 0 bridgehead atoms. The van der Waals surface area contributed by atoms with Crippen LogP contribution in [-0.4, -0.2) is 47.3 Å². The van der Waals surface area contributed by atoms with Crippen molar-refractivity contribution in [2.45, 2.75) is 37.8 Å². The normalized spacial score (nSPS) is 36.1. The van der Waals surface area contributed by atoms with E-state index in [4.69, 9.17) is 9.47 Å². The third-order valence-corrected chi connectivity index (χ3v) is 4.01. The van der Waals surface area contributed by atoms with E-state index in [0.29, 0.717) is 0 Å². The van der Waals surface area contributed by atoms with Crippen LogP contribution in [0.4, 0.5) is 0 Å². The minimum atomic E-state index is -1.34. The van der Waals surface area contributed by atoms with Crippen LogP contribution in [0.25, 0.3) is 0 Å². The lowest BCUT2D eigenvalue weighted by atomic mass is 9.71. The summed E-state index contributed by atoms with van der Waals surface area (Å²) < 4.78 is 10.0. The van der Waals surface area contributed by atoms with E-state index >= 15 is 0 Å². The van der Waals surface area contributed by atoms with Crippen molar-refractivity contribution in [3.8, 4) is 0 Å². The van der Waals surface area contributed by atoms with Crippen LogP contribution in [0.1, 0.15) is 26.7 Å². The molecule has 0 aliphatic carbocycles. The molecular formula is C12H17NO6. The van der Waals surface area contributed by atoms with Gasteiger partial charge in [-0.3, -0.25) is 9.59 Å². The number of nitrogens with one attached hydrogen (secondary N) is 1. The summed E-state index contributed by atoms with van der Waals surface area (Å²) >= 11 is 0. The van der Waals surface area contributed by atoms with Gasteiger partial charge in [0, 0.05) is 6.42 Å². The molecule has 7 heteroatoms. The summed E-state index contributed by atoms with van der Waals surface area (Å²) in [5, 5.41) is 11.9. The fourth-order valence-corrected chi connectivity index (χ4v) is 2.67. The third-order valence-electron chi connectivity index (χ3n) is 4.01. The van der Waals surface area contributed by atoms with Crippen molar-refractivity contribution in [1.29, 1.82) is 0 Å². The van der Waals surface area contributed by atoms with Gasteiger partial charge in [0.15, 0.2) is 5.60 Å². The molecule has 2 aliphatic rings. The van der Waals surface area contributed by atoms with Gasteiger partial charge >= 0.3 is 11.9 Å². The molecule has 0 spiro atoms. The molecule has 2 N–H and O–H groups in total. The lowest BCUT2D eigenvalue weighted by Crippen LogP contribution is -2.76. The Morgan fingerprint density at radius 3 is 2.68 bits per heavy atom. The number of esters is 2. The number of hydrogen-bond donors (Lipinski definition) is 2. The zero-order valence-electron chi connectivity index (χ0n) is 10.9. The summed E-state index contributed by atoms with van der Waals surface area (Å²) in [6.07, 6.45) is 0.521. The third kappa shape index (κ3) is 1.72. The van der Waals surface area contributed by atoms with E-state index in [9.17, 15) is 19.5 Å². The lowest BCUT2D eigenvalue weighted by molar-refractivity contribution is -0.225. The van der Waals surface area contributed by atoms with E-state index < -0.39 is 29.6 Å². The second-order valence-electron chi connectivity index (χ2n) is 4.96. The van der Waals surface area contributed by atoms with E-state index in [0.717, 1.165) is 0 Å². The zero-order chi connectivity index (χ0) is 14.3. The first-order valence-electron chi connectivity index (χ1n) is 6.23. The number of aliphatic hydroxyl groups excluding tert-OH is 1. The van der Waals surface area contributed by atoms with Crippen molar-refractivity contribution >= 4 is 17.8 Å². The number of hydrogen-bond acceptors (Lipinski definition) is 6. The molecule has 0 aromatic heterocycles. The highest BCUT2D eigenvalue weighted by molar-refractivity contribution is 6.01. The van der Waals surface area contributed by atoms with Gasteiger partial charge < -0.3 is 19.9 Å². The first-order valence-corrected chi connectivity index (χ1v) is 6.23. The molecule has 2 saturated heterocycles. The average Bonchev–Trinajstić information content (AvgIpc) is 2.55. The molecule has 7 nitrogen and oxygen atoms in total. The van der Waals surface area contributed by atoms with Crippen molar-refractivity contribution < 1.29 is 29.0 Å². The largest absolute Gasteiger partial charge is 0.466 e. The van der Waals surface area contributed by atoms with Crippen LogP contribution in [-0.2, 0) is 23.9 Å². The Morgan fingerprint density at radius 2 is 2.21 bits per heavy atom. The van der Waals surface area contributed by atoms with Crippen LogP contribution in [0.2, 0.25) is 0 Å². The molecule has 0 radical (unpaired) electrons. The van der Waals surface area contributed by atoms with Crippen molar-refractivity contribution in [1.82, 2.24) is 5.32 Å². The minimum absolute atomic E-state index is 0.0827. The maximum atomic E-state index is 11.9. The number of aliphatic hydroxyl groups is 1. The number of rotatable bonds is 5. The summed E-state index contributed by atoms with van der Waals surface area (Å²) in [7, 11) is 0. The molecule has 0 aromatic rings. The Bertz CT molecular complexity index is 436. The highest BCUT2D eigenvalue weighted by Gasteiger charge is 2.76. The summed E-state index contributed by atoms with van der Waals surface area (Å²) in [5.74, 6) is -1.96. The second kappa shape index (κ2) is 4.48.